The fraction of sp³-hybridized carbons (Fsp3) is 0.500. The summed E-state index contributed by atoms with van der Waals surface area (Å²) in [5.41, 5.74) is 0.653. The van der Waals surface area contributed by atoms with E-state index < -0.39 is 0 Å². The maximum Gasteiger partial charge on any atom is 0.231 e. The van der Waals surface area contributed by atoms with Crippen LogP contribution in [0.15, 0.2) is 18.2 Å². The lowest BCUT2D eigenvalue weighted by molar-refractivity contribution is -0.125. The van der Waals surface area contributed by atoms with Gasteiger partial charge in [0.25, 0.3) is 0 Å². The van der Waals surface area contributed by atoms with Gasteiger partial charge in [0.05, 0.1) is 0 Å². The van der Waals surface area contributed by atoms with Gasteiger partial charge in [-0.25, -0.2) is 0 Å². The maximum absolute atomic E-state index is 11.9. The first-order chi connectivity index (χ1) is 10.6. The van der Waals surface area contributed by atoms with Crippen molar-refractivity contribution in [1.29, 1.82) is 0 Å². The molecule has 6 nitrogen and oxygen atoms in total. The van der Waals surface area contributed by atoms with Gasteiger partial charge >= 0.3 is 0 Å². The molecule has 0 radical (unpaired) electrons. The zero-order chi connectivity index (χ0) is 15.9. The minimum atomic E-state index is -0.149. The molecule has 1 aliphatic rings. The molecule has 0 saturated heterocycles. The van der Waals surface area contributed by atoms with Crippen LogP contribution in [0, 0.1) is 5.92 Å². The standard InChI is InChI=1S/C16H22N2O4/c1-3-11(4-2)16(20)17-8-7-15(19)18-12-5-6-13-14(9-12)22-10-21-13/h5-6,9,11H,3-4,7-8,10H2,1-2H3,(H,17,20)(H,18,19). The second-order valence-electron chi connectivity index (χ2n) is 5.17. The van der Waals surface area contributed by atoms with Crippen molar-refractivity contribution in [2.45, 2.75) is 33.1 Å². The smallest absolute Gasteiger partial charge is 0.231 e. The van der Waals surface area contributed by atoms with Crippen LogP contribution in [0.4, 0.5) is 5.69 Å². The quantitative estimate of drug-likeness (QED) is 0.810. The van der Waals surface area contributed by atoms with Gasteiger partial charge in [-0.3, -0.25) is 9.59 Å². The molecule has 0 spiro atoms. The summed E-state index contributed by atoms with van der Waals surface area (Å²) in [7, 11) is 0. The summed E-state index contributed by atoms with van der Waals surface area (Å²) in [6.07, 6.45) is 1.86. The molecule has 22 heavy (non-hydrogen) atoms. The van der Waals surface area contributed by atoms with E-state index in [1.807, 2.05) is 13.8 Å². The van der Waals surface area contributed by atoms with E-state index in [0.29, 0.717) is 23.7 Å². The number of carbonyl (C=O) groups is 2. The Morgan fingerprint density at radius 2 is 1.91 bits per heavy atom. The highest BCUT2D eigenvalue weighted by molar-refractivity contribution is 5.91. The second kappa shape index (κ2) is 7.68. The van der Waals surface area contributed by atoms with Crippen LogP contribution in [-0.2, 0) is 9.59 Å². The van der Waals surface area contributed by atoms with Gasteiger partial charge in [-0.15, -0.1) is 0 Å². The van der Waals surface area contributed by atoms with Crippen LogP contribution in [0.25, 0.3) is 0 Å². The van der Waals surface area contributed by atoms with Crippen molar-refractivity contribution < 1.29 is 19.1 Å². The number of hydrogen-bond donors (Lipinski definition) is 2. The normalized spacial score (nSPS) is 12.3. The topological polar surface area (TPSA) is 76.7 Å². The van der Waals surface area contributed by atoms with Crippen molar-refractivity contribution in [3.8, 4) is 11.5 Å². The van der Waals surface area contributed by atoms with Gasteiger partial charge in [0.15, 0.2) is 11.5 Å². The molecule has 0 bridgehead atoms. The summed E-state index contributed by atoms with van der Waals surface area (Å²) in [5, 5.41) is 5.58. The summed E-state index contributed by atoms with van der Waals surface area (Å²) in [6, 6.07) is 5.24. The molecule has 1 aromatic carbocycles. The highest BCUT2D eigenvalue weighted by Crippen LogP contribution is 2.34. The molecule has 6 heteroatoms. The Morgan fingerprint density at radius 1 is 1.18 bits per heavy atom. The summed E-state index contributed by atoms with van der Waals surface area (Å²) in [4.78, 5) is 23.7. The molecule has 2 rings (SSSR count). The number of hydrogen-bond acceptors (Lipinski definition) is 4. The first kappa shape index (κ1) is 16.1. The molecule has 2 amide bonds. The third kappa shape index (κ3) is 4.13. The molecule has 1 aromatic rings. The molecule has 1 heterocycles. The molecule has 0 fully saturated rings. The van der Waals surface area contributed by atoms with Crippen LogP contribution in [0.2, 0.25) is 0 Å². The van der Waals surface area contributed by atoms with Crippen LogP contribution in [-0.4, -0.2) is 25.2 Å². The Kier molecular flexibility index (Phi) is 5.63. The molecule has 0 aliphatic carbocycles. The number of carbonyl (C=O) groups excluding carboxylic acids is 2. The number of benzene rings is 1. The predicted molar refractivity (Wildman–Crippen MR) is 82.9 cm³/mol. The van der Waals surface area contributed by atoms with Crippen LogP contribution in [0.3, 0.4) is 0 Å². The van der Waals surface area contributed by atoms with Crippen LogP contribution >= 0.6 is 0 Å². The van der Waals surface area contributed by atoms with Crippen molar-refractivity contribution in [1.82, 2.24) is 5.32 Å². The van der Waals surface area contributed by atoms with Gasteiger partial charge in [-0.2, -0.15) is 0 Å². The number of amides is 2. The Morgan fingerprint density at radius 3 is 2.64 bits per heavy atom. The third-order valence-corrected chi connectivity index (χ3v) is 3.66. The summed E-state index contributed by atoms with van der Waals surface area (Å²) in [6.45, 7) is 4.51. The zero-order valence-electron chi connectivity index (χ0n) is 13.0. The van der Waals surface area contributed by atoms with Gasteiger partial charge in [-0.1, -0.05) is 13.8 Å². The Bertz CT molecular complexity index is 541. The second-order valence-corrected chi connectivity index (χ2v) is 5.17. The monoisotopic (exact) mass is 306 g/mol. The van der Waals surface area contributed by atoms with E-state index in [1.165, 1.54) is 0 Å². The Balaban J connectivity index is 1.75. The molecular formula is C16H22N2O4. The first-order valence-corrected chi connectivity index (χ1v) is 7.61. The maximum atomic E-state index is 11.9. The van der Waals surface area contributed by atoms with Crippen molar-refractivity contribution in [2.75, 3.05) is 18.7 Å². The molecular weight excluding hydrogens is 284 g/mol. The summed E-state index contributed by atoms with van der Waals surface area (Å²) >= 11 is 0. The summed E-state index contributed by atoms with van der Waals surface area (Å²) in [5.74, 6) is 1.19. The van der Waals surface area contributed by atoms with Gasteiger partial charge < -0.3 is 20.1 Å². The van der Waals surface area contributed by atoms with Crippen LogP contribution in [0.5, 0.6) is 11.5 Å². The number of rotatable bonds is 7. The Labute approximate surface area is 130 Å². The lowest BCUT2D eigenvalue weighted by Gasteiger charge is -2.12. The van der Waals surface area contributed by atoms with E-state index in [1.54, 1.807) is 18.2 Å². The van der Waals surface area contributed by atoms with Gasteiger partial charge in [0.1, 0.15) is 0 Å². The van der Waals surface area contributed by atoms with Crippen LogP contribution in [0.1, 0.15) is 33.1 Å². The minimum Gasteiger partial charge on any atom is -0.454 e. The van der Waals surface area contributed by atoms with E-state index in [0.717, 1.165) is 12.8 Å². The highest BCUT2D eigenvalue weighted by atomic mass is 16.7. The summed E-state index contributed by atoms with van der Waals surface area (Å²) < 4.78 is 10.5. The molecule has 0 saturated carbocycles. The zero-order valence-corrected chi connectivity index (χ0v) is 13.0. The van der Waals surface area contributed by atoms with E-state index in [-0.39, 0.29) is 30.9 Å². The first-order valence-electron chi connectivity index (χ1n) is 7.61. The third-order valence-electron chi connectivity index (χ3n) is 3.66. The SMILES string of the molecule is CCC(CC)C(=O)NCCC(=O)Nc1ccc2c(c1)OCO2. The molecule has 120 valence electrons. The number of fused-ring (bicyclic) bond motifs is 1. The van der Waals surface area contributed by atoms with Crippen LogP contribution < -0.4 is 20.1 Å². The van der Waals surface area contributed by atoms with Gasteiger partial charge in [0, 0.05) is 30.6 Å². The van der Waals surface area contributed by atoms with Crippen molar-refractivity contribution >= 4 is 17.5 Å². The number of ether oxygens (including phenoxy) is 2. The van der Waals surface area contributed by atoms with Crippen molar-refractivity contribution in [3.63, 3.8) is 0 Å². The highest BCUT2D eigenvalue weighted by Gasteiger charge is 2.15. The lowest BCUT2D eigenvalue weighted by Crippen LogP contribution is -2.32. The molecule has 0 unspecified atom stereocenters. The Hall–Kier alpha value is -2.24. The van der Waals surface area contributed by atoms with E-state index in [2.05, 4.69) is 10.6 Å². The van der Waals surface area contributed by atoms with Crippen molar-refractivity contribution in [3.05, 3.63) is 18.2 Å². The van der Waals surface area contributed by atoms with E-state index >= 15 is 0 Å². The average Bonchev–Trinajstić information content (AvgIpc) is 2.96. The fourth-order valence-electron chi connectivity index (χ4n) is 2.30. The number of nitrogens with one attached hydrogen (secondary N) is 2. The minimum absolute atomic E-state index is 0.0147. The molecule has 1 aliphatic heterocycles. The van der Waals surface area contributed by atoms with Gasteiger partial charge in [0.2, 0.25) is 18.6 Å². The predicted octanol–water partition coefficient (Wildman–Crippen LogP) is 2.30. The average molecular weight is 306 g/mol. The van der Waals surface area contributed by atoms with Crippen molar-refractivity contribution in [2.24, 2.45) is 5.92 Å². The number of anilines is 1. The molecule has 2 N–H and O–H groups in total. The van der Waals surface area contributed by atoms with E-state index in [9.17, 15) is 9.59 Å². The van der Waals surface area contributed by atoms with Gasteiger partial charge in [-0.05, 0) is 25.0 Å². The van der Waals surface area contributed by atoms with E-state index in [4.69, 9.17) is 9.47 Å². The fourth-order valence-corrected chi connectivity index (χ4v) is 2.30. The lowest BCUT2D eigenvalue weighted by atomic mass is 10.0. The largest absolute Gasteiger partial charge is 0.454 e. The molecule has 0 aromatic heterocycles. The molecule has 0 atom stereocenters.